The fraction of sp³-hybridized carbons (Fsp3) is 0.111. The van der Waals surface area contributed by atoms with Crippen LogP contribution in [0.2, 0.25) is 0 Å². The van der Waals surface area contributed by atoms with Gasteiger partial charge in [0.25, 0.3) is 0 Å². The molecule has 0 bridgehead atoms. The number of nitrogens with two attached hydrogens (primary N) is 1. The van der Waals surface area contributed by atoms with Crippen molar-refractivity contribution in [3.63, 3.8) is 0 Å². The third kappa shape index (κ3) is 2.44. The van der Waals surface area contributed by atoms with E-state index in [1.807, 2.05) is 0 Å². The first-order chi connectivity index (χ1) is 7.06. The molecule has 1 rings (SSSR count). The number of benzene rings is 1. The molecule has 0 aliphatic heterocycles. The Morgan fingerprint density at radius 2 is 2.07 bits per heavy atom. The van der Waals surface area contributed by atoms with E-state index in [9.17, 15) is 9.59 Å². The van der Waals surface area contributed by atoms with Crippen LogP contribution in [0.25, 0.3) is 0 Å². The Morgan fingerprint density at radius 3 is 2.60 bits per heavy atom. The lowest BCUT2D eigenvalue weighted by molar-refractivity contribution is 0.0499. The molecule has 0 aliphatic carbocycles. The minimum atomic E-state index is -1.50. The van der Waals surface area contributed by atoms with Crippen molar-refractivity contribution in [2.75, 3.05) is 0 Å². The number of para-hydroxylation sites is 1. The quantitative estimate of drug-likeness (QED) is 0.431. The second-order valence-electron chi connectivity index (χ2n) is 2.72. The predicted molar refractivity (Wildman–Crippen MR) is 49.4 cm³/mol. The number of carboxylic acid groups (broad SMARTS) is 1. The lowest BCUT2D eigenvalue weighted by Crippen LogP contribution is -2.14. The van der Waals surface area contributed by atoms with Crippen LogP contribution in [0.15, 0.2) is 18.2 Å². The van der Waals surface area contributed by atoms with Crippen LogP contribution in [0.4, 0.5) is 4.79 Å². The van der Waals surface area contributed by atoms with Gasteiger partial charge in [0.05, 0.1) is 0 Å². The molecule has 0 heterocycles. The van der Waals surface area contributed by atoms with E-state index in [0.29, 0.717) is 5.56 Å². The molecule has 0 saturated heterocycles. The van der Waals surface area contributed by atoms with E-state index in [1.54, 1.807) is 19.1 Å². The van der Waals surface area contributed by atoms with Gasteiger partial charge in [0.1, 0.15) is 5.56 Å². The summed E-state index contributed by atoms with van der Waals surface area (Å²) in [6.07, 6.45) is -1.50. The van der Waals surface area contributed by atoms with Gasteiger partial charge in [-0.1, -0.05) is 12.1 Å². The smallest absolute Gasteiger partial charge is 0.449 e. The summed E-state index contributed by atoms with van der Waals surface area (Å²) in [4.78, 5) is 25.5. The van der Waals surface area contributed by atoms with Crippen molar-refractivity contribution < 1.29 is 24.3 Å². The molecule has 0 aromatic heterocycles. The molecule has 80 valence electrons. The first-order valence-electron chi connectivity index (χ1n) is 3.97. The highest BCUT2D eigenvalue weighted by molar-refractivity contribution is 5.93. The van der Waals surface area contributed by atoms with Gasteiger partial charge in [-0.15, -0.1) is 0 Å². The summed E-state index contributed by atoms with van der Waals surface area (Å²) in [5, 5.41) is 8.46. The molecule has 15 heavy (non-hydrogen) atoms. The molecule has 1 aromatic carbocycles. The highest BCUT2D eigenvalue weighted by Crippen LogP contribution is 2.23. The van der Waals surface area contributed by atoms with Gasteiger partial charge in [-0.25, -0.2) is 9.59 Å². The Labute approximate surface area is 85.2 Å². The van der Waals surface area contributed by atoms with Gasteiger partial charge in [0.2, 0.25) is 0 Å². The zero-order chi connectivity index (χ0) is 11.4. The van der Waals surface area contributed by atoms with E-state index in [2.05, 4.69) is 9.57 Å². The summed E-state index contributed by atoms with van der Waals surface area (Å²) in [7, 11) is 0. The Hall–Kier alpha value is -2.08. The Kier molecular flexibility index (Phi) is 3.25. The normalized spacial score (nSPS) is 9.47. The summed E-state index contributed by atoms with van der Waals surface area (Å²) < 4.78 is 4.46. The maximum absolute atomic E-state index is 11.1. The van der Waals surface area contributed by atoms with Gasteiger partial charge < -0.3 is 14.7 Å². The summed E-state index contributed by atoms with van der Waals surface area (Å²) >= 11 is 0. The number of rotatable bonds is 2. The molecule has 0 saturated carbocycles. The Bertz CT molecular complexity index is 401. The van der Waals surface area contributed by atoms with Crippen molar-refractivity contribution in [3.05, 3.63) is 29.3 Å². The van der Waals surface area contributed by atoms with Crippen LogP contribution < -0.4 is 10.6 Å². The van der Waals surface area contributed by atoms with Crippen LogP contribution in [-0.2, 0) is 4.84 Å². The maximum atomic E-state index is 11.1. The average Bonchev–Trinajstić information content (AvgIpc) is 2.19. The predicted octanol–water partition coefficient (Wildman–Crippen LogP) is 1.08. The standard InChI is InChI=1S/C9H9NO5/c1-5-3-2-4-6(8(11)15-10)7(5)14-9(12)13/h2-4H,10H2,1H3,(H,12,13). The topological polar surface area (TPSA) is 98.9 Å². The SMILES string of the molecule is Cc1cccc(C(=O)ON)c1OC(=O)O. The van der Waals surface area contributed by atoms with Gasteiger partial charge in [0.15, 0.2) is 5.75 Å². The molecule has 6 nitrogen and oxygen atoms in total. The summed E-state index contributed by atoms with van der Waals surface area (Å²) in [5.41, 5.74) is 0.472. The van der Waals surface area contributed by atoms with Crippen molar-refractivity contribution in [2.24, 2.45) is 5.90 Å². The number of carbonyl (C=O) groups excluding carboxylic acids is 1. The first-order valence-corrected chi connectivity index (χ1v) is 3.97. The van der Waals surface area contributed by atoms with Gasteiger partial charge in [-0.2, -0.15) is 5.90 Å². The van der Waals surface area contributed by atoms with E-state index in [4.69, 9.17) is 11.0 Å². The zero-order valence-electron chi connectivity index (χ0n) is 7.89. The molecule has 0 radical (unpaired) electrons. The average molecular weight is 211 g/mol. The Balaban J connectivity index is 3.19. The molecule has 3 N–H and O–H groups in total. The monoisotopic (exact) mass is 211 g/mol. The second-order valence-corrected chi connectivity index (χ2v) is 2.72. The van der Waals surface area contributed by atoms with Gasteiger partial charge in [-0.3, -0.25) is 0 Å². The van der Waals surface area contributed by atoms with Gasteiger partial charge in [0, 0.05) is 0 Å². The minimum Gasteiger partial charge on any atom is -0.449 e. The highest BCUT2D eigenvalue weighted by Gasteiger charge is 2.17. The number of hydrogen-bond acceptors (Lipinski definition) is 5. The number of ether oxygens (including phenoxy) is 1. The lowest BCUT2D eigenvalue weighted by Gasteiger charge is -2.08. The van der Waals surface area contributed by atoms with Gasteiger partial charge in [-0.05, 0) is 18.6 Å². The van der Waals surface area contributed by atoms with Gasteiger partial charge >= 0.3 is 12.1 Å². The van der Waals surface area contributed by atoms with E-state index in [0.717, 1.165) is 0 Å². The van der Waals surface area contributed by atoms with Crippen molar-refractivity contribution >= 4 is 12.1 Å². The molecule has 1 aromatic rings. The highest BCUT2D eigenvalue weighted by atomic mass is 16.7. The maximum Gasteiger partial charge on any atom is 0.511 e. The van der Waals surface area contributed by atoms with Crippen molar-refractivity contribution in [1.82, 2.24) is 0 Å². The van der Waals surface area contributed by atoms with E-state index in [-0.39, 0.29) is 11.3 Å². The fourth-order valence-corrected chi connectivity index (χ4v) is 1.10. The largest absolute Gasteiger partial charge is 0.511 e. The van der Waals surface area contributed by atoms with Crippen LogP contribution >= 0.6 is 0 Å². The third-order valence-corrected chi connectivity index (χ3v) is 1.73. The molecular formula is C9H9NO5. The first kappa shape index (κ1) is 11.0. The molecule has 0 amide bonds. The molecule has 0 aliphatic rings. The molecule has 0 atom stereocenters. The van der Waals surface area contributed by atoms with Crippen LogP contribution in [-0.4, -0.2) is 17.2 Å². The summed E-state index contributed by atoms with van der Waals surface area (Å²) in [5.74, 6) is 3.78. The molecule has 0 fully saturated rings. The van der Waals surface area contributed by atoms with Crippen molar-refractivity contribution in [1.29, 1.82) is 0 Å². The molecular weight excluding hydrogens is 202 g/mol. The summed E-state index contributed by atoms with van der Waals surface area (Å²) in [6.45, 7) is 1.60. The van der Waals surface area contributed by atoms with Crippen molar-refractivity contribution in [3.8, 4) is 5.75 Å². The van der Waals surface area contributed by atoms with Crippen LogP contribution in [0.5, 0.6) is 5.75 Å². The second kappa shape index (κ2) is 4.43. The Morgan fingerprint density at radius 1 is 1.40 bits per heavy atom. The van der Waals surface area contributed by atoms with E-state index < -0.39 is 12.1 Å². The van der Waals surface area contributed by atoms with Crippen LogP contribution in [0.3, 0.4) is 0 Å². The molecule has 0 spiro atoms. The van der Waals surface area contributed by atoms with E-state index in [1.165, 1.54) is 6.07 Å². The van der Waals surface area contributed by atoms with E-state index >= 15 is 0 Å². The van der Waals surface area contributed by atoms with Crippen molar-refractivity contribution in [2.45, 2.75) is 6.92 Å². The molecule has 6 heteroatoms. The molecule has 0 unspecified atom stereocenters. The van der Waals surface area contributed by atoms with Crippen LogP contribution in [0.1, 0.15) is 15.9 Å². The number of aryl methyl sites for hydroxylation is 1. The third-order valence-electron chi connectivity index (χ3n) is 1.73. The minimum absolute atomic E-state index is 0.0279. The number of hydrogen-bond donors (Lipinski definition) is 2. The fourth-order valence-electron chi connectivity index (χ4n) is 1.10. The number of carbonyl (C=O) groups is 2. The summed E-state index contributed by atoms with van der Waals surface area (Å²) in [6, 6.07) is 4.53. The lowest BCUT2D eigenvalue weighted by atomic mass is 10.1. The zero-order valence-corrected chi connectivity index (χ0v) is 7.89. The van der Waals surface area contributed by atoms with Crippen LogP contribution in [0, 0.1) is 6.92 Å².